The Bertz CT molecular complexity index is 1270. The van der Waals surface area contributed by atoms with Gasteiger partial charge in [-0.05, 0) is 76.0 Å². The van der Waals surface area contributed by atoms with Crippen LogP contribution >= 0.6 is 0 Å². The van der Waals surface area contributed by atoms with Crippen LogP contribution in [0, 0.1) is 47.3 Å². The van der Waals surface area contributed by atoms with E-state index >= 15 is 0 Å². The molecule has 15 nitrogen and oxygen atoms in total. The van der Waals surface area contributed by atoms with E-state index in [2.05, 4.69) is 33.0 Å². The molecule has 3 N–H and O–H groups in total. The van der Waals surface area contributed by atoms with E-state index in [1.165, 1.54) is 12.8 Å². The minimum Gasteiger partial charge on any atom is -0.478 e. The molecule has 4 bridgehead atoms. The van der Waals surface area contributed by atoms with Crippen molar-refractivity contribution in [2.45, 2.75) is 141 Å². The Hall–Kier alpha value is -1.76. The van der Waals surface area contributed by atoms with Gasteiger partial charge in [0.15, 0.2) is 36.4 Å². The van der Waals surface area contributed by atoms with E-state index in [1.807, 2.05) is 13.8 Å². The lowest BCUT2D eigenvalue weighted by atomic mass is 9.58. The lowest BCUT2D eigenvalue weighted by Crippen LogP contribution is -2.70. The molecular weight excluding hydrogens is 694 g/mol. The summed E-state index contributed by atoms with van der Waals surface area (Å²) in [6.45, 7) is 15.5. The largest absolute Gasteiger partial charge is 0.478 e. The van der Waals surface area contributed by atoms with E-state index in [0.29, 0.717) is 62.1 Å². The zero-order valence-corrected chi connectivity index (χ0v) is 31.9. The number of carbonyl (C=O) groups is 2. The second-order valence-electron chi connectivity index (χ2n) is 17.0. The zero-order chi connectivity index (χ0) is 37.8. The molecule has 0 aromatic rings. The molecule has 10 aliphatic rings. The summed E-state index contributed by atoms with van der Waals surface area (Å²) in [4.78, 5) is 43.5. The Labute approximate surface area is 311 Å². The number of nitrogens with one attached hydrogen (secondary N) is 1. The molecule has 2 saturated carbocycles. The molecule has 10 fully saturated rings. The van der Waals surface area contributed by atoms with Crippen molar-refractivity contribution in [3.63, 3.8) is 0 Å². The average Bonchev–Trinajstić information content (AvgIpc) is 3.49. The average molecular weight is 754 g/mol. The second kappa shape index (κ2) is 15.3. The minimum atomic E-state index is -1.26. The van der Waals surface area contributed by atoms with Gasteiger partial charge in [-0.3, -0.25) is 0 Å². The van der Waals surface area contributed by atoms with Gasteiger partial charge in [0.05, 0.1) is 13.2 Å². The van der Waals surface area contributed by atoms with Gasteiger partial charge < -0.3 is 44.0 Å². The van der Waals surface area contributed by atoms with Crippen molar-refractivity contribution in [1.29, 1.82) is 0 Å². The Morgan fingerprint density at radius 1 is 0.642 bits per heavy atom. The minimum absolute atomic E-state index is 0.169. The predicted octanol–water partition coefficient (Wildman–Crippen LogP) is 4.74. The summed E-state index contributed by atoms with van der Waals surface area (Å²) in [5, 5.41) is 19.1. The molecule has 8 heterocycles. The molecule has 0 aromatic heterocycles. The maximum absolute atomic E-state index is 9.55. The van der Waals surface area contributed by atoms with Crippen LogP contribution in [0.3, 0.4) is 0 Å². The van der Waals surface area contributed by atoms with E-state index in [9.17, 15) is 9.59 Å². The van der Waals surface area contributed by atoms with Gasteiger partial charge in [-0.15, -0.1) is 0 Å². The second-order valence-corrected chi connectivity index (χ2v) is 17.0. The Balaban J connectivity index is 0.000000491. The molecule has 8 saturated heterocycles. The highest BCUT2D eigenvalue weighted by atomic mass is 17.3. The maximum atomic E-state index is 9.55. The van der Waals surface area contributed by atoms with Crippen LogP contribution in [0.2, 0.25) is 0 Å². The highest BCUT2D eigenvalue weighted by Gasteiger charge is 2.71. The van der Waals surface area contributed by atoms with Crippen LogP contribution in [0.1, 0.15) is 92.9 Å². The summed E-state index contributed by atoms with van der Waals surface area (Å²) in [5.41, 5.74) is -1.12. The molecule has 0 radical (unpaired) electrons. The summed E-state index contributed by atoms with van der Waals surface area (Å²) in [5.74, 6) is -1.40. The molecule has 8 aliphatic heterocycles. The lowest BCUT2D eigenvalue weighted by molar-refractivity contribution is -0.577. The fourth-order valence-electron chi connectivity index (χ4n) is 10.9. The standard InChI is InChI=1S/C34H55NO10.C4H4O4/c1-19-7-9-25-21(3)27(38-29-33(25)23(19)11-13-31(5,40-29)42-44-33)36-17-15-35-16-18-37-28-22(4)26-10-8-20(2)24-12-14-32(6)41-30(39-28)34(24,26)45-43-32;5-3(6)1-2-4(7)8/h19-30,35H,7-18H2,1-6H3;1-2H,(H,5,6)(H,7,8)/b;2-1-/t19-,20-,21-,22-,23+,24+,25+,26+,27+,28+,29-,30-,31-,32-,33-,34-;/m1./s1. The predicted molar refractivity (Wildman–Crippen MR) is 183 cm³/mol. The molecule has 53 heavy (non-hydrogen) atoms. The van der Waals surface area contributed by atoms with Gasteiger partial charge in [0, 0.05) is 61.8 Å². The molecule has 10 rings (SSSR count). The quantitative estimate of drug-likeness (QED) is 0.158. The van der Waals surface area contributed by atoms with Crippen molar-refractivity contribution in [3.8, 4) is 0 Å². The first kappa shape index (κ1) is 39.5. The number of rotatable bonds is 10. The fourth-order valence-corrected chi connectivity index (χ4v) is 10.9. The normalized spacial score (nSPS) is 49.5. The third-order valence-corrected chi connectivity index (χ3v) is 13.7. The maximum Gasteiger partial charge on any atom is 0.328 e. The van der Waals surface area contributed by atoms with Crippen molar-refractivity contribution in [2.24, 2.45) is 47.3 Å². The van der Waals surface area contributed by atoms with E-state index in [-0.39, 0.29) is 36.3 Å². The Morgan fingerprint density at radius 3 is 1.45 bits per heavy atom. The third-order valence-electron chi connectivity index (χ3n) is 13.7. The first-order chi connectivity index (χ1) is 25.2. The topological polar surface area (TPSA) is 179 Å². The Kier molecular flexibility index (Phi) is 11.4. The van der Waals surface area contributed by atoms with Crippen LogP contribution < -0.4 is 5.32 Å². The third kappa shape index (κ3) is 7.22. The van der Waals surface area contributed by atoms with Gasteiger partial charge in [-0.2, -0.15) is 0 Å². The van der Waals surface area contributed by atoms with E-state index in [0.717, 1.165) is 38.5 Å². The summed E-state index contributed by atoms with van der Waals surface area (Å²) in [6.07, 6.45) is 7.61. The molecule has 16 atom stereocenters. The number of carboxylic acids is 2. The van der Waals surface area contributed by atoms with Crippen LogP contribution in [0.15, 0.2) is 12.2 Å². The summed E-state index contributed by atoms with van der Waals surface area (Å²) >= 11 is 0. The van der Waals surface area contributed by atoms with E-state index in [1.54, 1.807) is 0 Å². The van der Waals surface area contributed by atoms with Gasteiger partial charge >= 0.3 is 11.9 Å². The van der Waals surface area contributed by atoms with Crippen LogP contribution in [0.25, 0.3) is 0 Å². The monoisotopic (exact) mass is 753 g/mol. The molecule has 2 spiro atoms. The molecule has 15 heteroatoms. The summed E-state index contributed by atoms with van der Waals surface area (Å²) in [7, 11) is 0. The molecule has 0 aromatic carbocycles. The van der Waals surface area contributed by atoms with Gasteiger partial charge in [0.25, 0.3) is 0 Å². The first-order valence-electron chi connectivity index (χ1n) is 19.7. The zero-order valence-electron chi connectivity index (χ0n) is 31.9. The Morgan fingerprint density at radius 2 is 1.06 bits per heavy atom. The lowest BCUT2D eigenvalue weighted by Gasteiger charge is -2.60. The van der Waals surface area contributed by atoms with Crippen LogP contribution in [-0.2, 0) is 57.6 Å². The SMILES string of the molecule is C[C@H]1[C@@H](OCCNCCO[C@H]2O[C@@H]3O[C@@]4(C)CC[C@H]5[C@H](C)CC[C@@H]([C@H]2C)[C@@]35OO4)O[C@@H]2O[C@@]3(C)CC[C@H]4[C@H](C)CC[C@@H]1[C@@]24OO3.O=C(O)/C=C\C(=O)O. The number of fused-ring (bicyclic) bond motifs is 4. The number of hydrogen-bond acceptors (Lipinski definition) is 13. The molecule has 0 amide bonds. The van der Waals surface area contributed by atoms with Crippen LogP contribution in [0.4, 0.5) is 0 Å². The van der Waals surface area contributed by atoms with Crippen molar-refractivity contribution in [1.82, 2.24) is 5.32 Å². The van der Waals surface area contributed by atoms with Crippen molar-refractivity contribution in [3.05, 3.63) is 12.2 Å². The van der Waals surface area contributed by atoms with Crippen LogP contribution in [0.5, 0.6) is 0 Å². The highest BCUT2D eigenvalue weighted by Crippen LogP contribution is 2.62. The van der Waals surface area contributed by atoms with Crippen molar-refractivity contribution >= 4 is 11.9 Å². The summed E-state index contributed by atoms with van der Waals surface area (Å²) < 4.78 is 38.7. The highest BCUT2D eigenvalue weighted by molar-refractivity contribution is 5.89. The smallest absolute Gasteiger partial charge is 0.328 e. The fraction of sp³-hybridized carbons (Fsp3) is 0.895. The van der Waals surface area contributed by atoms with Gasteiger partial charge in [-0.1, -0.05) is 27.7 Å². The number of hydrogen-bond donors (Lipinski definition) is 3. The first-order valence-corrected chi connectivity index (χ1v) is 19.7. The van der Waals surface area contributed by atoms with Gasteiger partial charge in [0.1, 0.15) is 0 Å². The van der Waals surface area contributed by atoms with Crippen molar-refractivity contribution in [2.75, 3.05) is 26.3 Å². The molecule has 300 valence electrons. The number of ether oxygens (including phenoxy) is 6. The van der Waals surface area contributed by atoms with Gasteiger partial charge in [-0.25, -0.2) is 29.1 Å². The van der Waals surface area contributed by atoms with Crippen LogP contribution in [-0.4, -0.2) is 96.4 Å². The number of aliphatic carboxylic acids is 2. The summed E-state index contributed by atoms with van der Waals surface area (Å²) in [6, 6.07) is 0. The van der Waals surface area contributed by atoms with Gasteiger partial charge in [0.2, 0.25) is 11.6 Å². The van der Waals surface area contributed by atoms with E-state index < -0.39 is 47.3 Å². The molecule has 2 aliphatic carbocycles. The molecule has 0 unspecified atom stereocenters. The number of carboxylic acid groups (broad SMARTS) is 2. The van der Waals surface area contributed by atoms with Crippen molar-refractivity contribution < 1.29 is 67.8 Å². The molecular formula is C38H59NO14. The van der Waals surface area contributed by atoms with E-state index in [4.69, 9.17) is 58.2 Å².